The summed E-state index contributed by atoms with van der Waals surface area (Å²) < 4.78 is 0. The Kier molecular flexibility index (Phi) is 5.14. The van der Waals surface area contributed by atoms with Gasteiger partial charge < -0.3 is 11.1 Å². The van der Waals surface area contributed by atoms with E-state index in [0.717, 1.165) is 11.1 Å². The molecule has 0 aliphatic heterocycles. The molecule has 0 radical (unpaired) electrons. The molecule has 21 heavy (non-hydrogen) atoms. The lowest BCUT2D eigenvalue weighted by molar-refractivity contribution is -0.108. The Balaban J connectivity index is 2.15. The Bertz CT molecular complexity index is 671. The number of nitrogens with one attached hydrogen (secondary N) is 1. The summed E-state index contributed by atoms with van der Waals surface area (Å²) in [6.07, 6.45) is 5.72. The zero-order chi connectivity index (χ0) is 15.2. The minimum absolute atomic E-state index is 0.350. The summed E-state index contributed by atoms with van der Waals surface area (Å²) in [4.78, 5) is 18.8. The molecule has 1 amide bonds. The molecule has 1 aromatic heterocycles. The van der Waals surface area contributed by atoms with Crippen LogP contribution in [-0.2, 0) is 11.2 Å². The smallest absolute Gasteiger partial charge is 0.211 e. The lowest BCUT2D eigenvalue weighted by Gasteiger charge is -2.06. The Morgan fingerprint density at radius 2 is 1.90 bits per heavy atom. The zero-order valence-corrected chi connectivity index (χ0v) is 12.4. The molecule has 5 nitrogen and oxygen atoms in total. The second kappa shape index (κ2) is 7.06. The van der Waals surface area contributed by atoms with Gasteiger partial charge in [-0.1, -0.05) is 29.3 Å². The summed E-state index contributed by atoms with van der Waals surface area (Å²) in [6.45, 7) is 0. The van der Waals surface area contributed by atoms with Crippen molar-refractivity contribution in [2.75, 3.05) is 0 Å². The molecule has 7 heteroatoms. The first-order chi connectivity index (χ1) is 10.1. The van der Waals surface area contributed by atoms with E-state index >= 15 is 0 Å². The number of halogens is 2. The summed E-state index contributed by atoms with van der Waals surface area (Å²) in [7, 11) is 0. The van der Waals surface area contributed by atoms with E-state index in [1.807, 2.05) is 6.07 Å². The first-order valence-corrected chi connectivity index (χ1v) is 6.77. The van der Waals surface area contributed by atoms with Gasteiger partial charge in [0.25, 0.3) is 0 Å². The summed E-state index contributed by atoms with van der Waals surface area (Å²) >= 11 is 11.8. The van der Waals surface area contributed by atoms with Crippen molar-refractivity contribution in [2.45, 2.75) is 6.42 Å². The molecule has 1 heterocycles. The van der Waals surface area contributed by atoms with E-state index < -0.39 is 0 Å². The first kappa shape index (κ1) is 15.3. The number of rotatable bonds is 5. The highest BCUT2D eigenvalue weighted by molar-refractivity contribution is 6.42. The van der Waals surface area contributed by atoms with E-state index in [2.05, 4.69) is 15.3 Å². The molecule has 0 atom stereocenters. The van der Waals surface area contributed by atoms with Crippen molar-refractivity contribution < 1.29 is 4.79 Å². The number of benzene rings is 1. The van der Waals surface area contributed by atoms with Crippen molar-refractivity contribution in [3.63, 3.8) is 0 Å². The van der Waals surface area contributed by atoms with Gasteiger partial charge in [-0.15, -0.1) is 0 Å². The van der Waals surface area contributed by atoms with Gasteiger partial charge in [-0.3, -0.25) is 4.79 Å². The molecule has 2 rings (SSSR count). The van der Waals surface area contributed by atoms with Gasteiger partial charge in [-0.2, -0.15) is 0 Å². The van der Waals surface area contributed by atoms with Gasteiger partial charge in [0.05, 0.1) is 10.0 Å². The van der Waals surface area contributed by atoms with E-state index in [1.54, 1.807) is 24.5 Å². The average Bonchev–Trinajstić information content (AvgIpc) is 2.49. The number of carbonyl (C=O) groups is 1. The van der Waals surface area contributed by atoms with Gasteiger partial charge in [0.15, 0.2) is 5.82 Å². The fourth-order valence-electron chi connectivity index (χ4n) is 1.72. The van der Waals surface area contributed by atoms with Crippen molar-refractivity contribution in [2.24, 2.45) is 5.73 Å². The van der Waals surface area contributed by atoms with Gasteiger partial charge in [0, 0.05) is 25.0 Å². The van der Waals surface area contributed by atoms with Gasteiger partial charge in [0.2, 0.25) is 6.41 Å². The summed E-state index contributed by atoms with van der Waals surface area (Å²) in [5.41, 5.74) is 7.65. The molecule has 0 bridgehead atoms. The maximum Gasteiger partial charge on any atom is 0.211 e. The fraction of sp³-hybridized carbons (Fsp3) is 0.0714. The highest BCUT2D eigenvalue weighted by Crippen LogP contribution is 2.23. The molecule has 0 spiro atoms. The van der Waals surface area contributed by atoms with Crippen molar-refractivity contribution in [1.82, 2.24) is 15.3 Å². The largest absolute Gasteiger partial charge is 0.403 e. The molecule has 2 aromatic rings. The van der Waals surface area contributed by atoms with Crippen molar-refractivity contribution in [3.8, 4) is 0 Å². The molecular formula is C14H12Cl2N4O. The molecular weight excluding hydrogens is 311 g/mol. The van der Waals surface area contributed by atoms with Crippen LogP contribution in [0.4, 0.5) is 0 Å². The second-order valence-electron chi connectivity index (χ2n) is 4.18. The van der Waals surface area contributed by atoms with Crippen LogP contribution in [0.2, 0.25) is 10.0 Å². The average molecular weight is 323 g/mol. The van der Waals surface area contributed by atoms with E-state index in [9.17, 15) is 4.79 Å². The predicted molar refractivity (Wildman–Crippen MR) is 82.7 cm³/mol. The number of aromatic nitrogens is 2. The molecule has 1 aromatic carbocycles. The maximum atomic E-state index is 10.4. The Morgan fingerprint density at radius 3 is 2.48 bits per heavy atom. The van der Waals surface area contributed by atoms with Gasteiger partial charge in [-0.25, -0.2) is 9.97 Å². The van der Waals surface area contributed by atoms with Crippen LogP contribution in [0.1, 0.15) is 17.0 Å². The van der Waals surface area contributed by atoms with Crippen LogP contribution in [-0.4, -0.2) is 16.4 Å². The van der Waals surface area contributed by atoms with Gasteiger partial charge in [-0.05, 0) is 23.3 Å². The predicted octanol–water partition coefficient (Wildman–Crippen LogP) is 2.38. The molecule has 0 unspecified atom stereocenters. The third-order valence-electron chi connectivity index (χ3n) is 2.72. The molecule has 0 fully saturated rings. The number of amides is 1. The third-order valence-corrected chi connectivity index (χ3v) is 3.46. The topological polar surface area (TPSA) is 80.9 Å². The molecule has 0 aliphatic rings. The number of hydrogen-bond acceptors (Lipinski definition) is 4. The van der Waals surface area contributed by atoms with Gasteiger partial charge in [0.1, 0.15) is 5.70 Å². The van der Waals surface area contributed by atoms with E-state index in [4.69, 9.17) is 28.9 Å². The Morgan fingerprint density at radius 1 is 1.19 bits per heavy atom. The first-order valence-electron chi connectivity index (χ1n) is 6.01. The monoisotopic (exact) mass is 322 g/mol. The molecule has 3 N–H and O–H groups in total. The van der Waals surface area contributed by atoms with Crippen LogP contribution >= 0.6 is 23.2 Å². The highest BCUT2D eigenvalue weighted by Gasteiger charge is 2.05. The standard InChI is InChI=1S/C14H12Cl2N4O/c15-11-2-1-9(4-12(11)16)3-10-6-18-14(19-7-10)13(5-17)20-8-21/h1-2,4-8H,3,17H2,(H,20,21)/b13-5+. The van der Waals surface area contributed by atoms with Crippen molar-refractivity contribution in [1.29, 1.82) is 0 Å². The normalized spacial score (nSPS) is 11.2. The van der Waals surface area contributed by atoms with E-state index in [0.29, 0.717) is 34.4 Å². The lowest BCUT2D eigenvalue weighted by atomic mass is 10.1. The summed E-state index contributed by atoms with van der Waals surface area (Å²) in [5.74, 6) is 0.350. The fourth-order valence-corrected chi connectivity index (χ4v) is 2.04. The van der Waals surface area contributed by atoms with Crippen molar-refractivity contribution >= 4 is 35.3 Å². The third kappa shape index (κ3) is 3.93. The number of nitrogens with zero attached hydrogens (tertiary/aromatic N) is 2. The Labute approximate surface area is 131 Å². The minimum atomic E-state index is 0.350. The number of nitrogens with two attached hydrogens (primary N) is 1. The zero-order valence-electron chi connectivity index (χ0n) is 10.9. The lowest BCUT2D eigenvalue weighted by Crippen LogP contribution is -2.13. The van der Waals surface area contributed by atoms with Crippen LogP contribution in [0.15, 0.2) is 36.8 Å². The minimum Gasteiger partial charge on any atom is -0.403 e. The van der Waals surface area contributed by atoms with Gasteiger partial charge >= 0.3 is 0 Å². The van der Waals surface area contributed by atoms with Crippen LogP contribution in [0.25, 0.3) is 5.70 Å². The summed E-state index contributed by atoms with van der Waals surface area (Å²) in [5, 5.41) is 3.46. The number of hydrogen-bond donors (Lipinski definition) is 2. The number of carbonyl (C=O) groups excluding carboxylic acids is 1. The van der Waals surface area contributed by atoms with Crippen LogP contribution in [0.5, 0.6) is 0 Å². The molecule has 108 valence electrons. The molecule has 0 saturated heterocycles. The second-order valence-corrected chi connectivity index (χ2v) is 5.00. The SMILES string of the molecule is N/C=C(/NC=O)c1ncc(Cc2ccc(Cl)c(Cl)c2)cn1. The molecule has 0 saturated carbocycles. The quantitative estimate of drug-likeness (QED) is 0.828. The highest BCUT2D eigenvalue weighted by atomic mass is 35.5. The summed E-state index contributed by atoms with van der Waals surface area (Å²) in [6, 6.07) is 5.44. The van der Waals surface area contributed by atoms with Crippen molar-refractivity contribution in [3.05, 3.63) is 63.8 Å². The maximum absolute atomic E-state index is 10.4. The Hall–Kier alpha value is -2.11. The van der Waals surface area contributed by atoms with E-state index in [-0.39, 0.29) is 0 Å². The molecule has 0 aliphatic carbocycles. The van der Waals surface area contributed by atoms with E-state index in [1.165, 1.54) is 6.20 Å². The van der Waals surface area contributed by atoms with Crippen LogP contribution < -0.4 is 11.1 Å². The van der Waals surface area contributed by atoms with Crippen LogP contribution in [0.3, 0.4) is 0 Å². The van der Waals surface area contributed by atoms with Crippen LogP contribution in [0, 0.1) is 0 Å².